The van der Waals surface area contributed by atoms with Crippen LogP contribution in [0.15, 0.2) is 15.8 Å². The van der Waals surface area contributed by atoms with E-state index in [1.807, 2.05) is 10.6 Å². The van der Waals surface area contributed by atoms with E-state index in [1.54, 1.807) is 7.05 Å². The fourth-order valence-corrected chi connectivity index (χ4v) is 3.06. The van der Waals surface area contributed by atoms with Crippen LogP contribution in [0.2, 0.25) is 0 Å². The standard InChI is InChI=1S/C16H23N5O2/c1-7-8-20-10(16(2,3)4)9-21-11-12(17-14(20)21)18(5)15(23)19(6)13(11)22/h9H,7-8H2,1-6H3. The highest BCUT2D eigenvalue weighted by Crippen LogP contribution is 2.27. The van der Waals surface area contributed by atoms with E-state index in [0.717, 1.165) is 23.2 Å². The molecule has 124 valence electrons. The van der Waals surface area contributed by atoms with E-state index in [-0.39, 0.29) is 16.7 Å². The number of aryl methyl sites for hydroxylation is 2. The summed E-state index contributed by atoms with van der Waals surface area (Å²) < 4.78 is 6.53. The molecule has 0 aliphatic rings. The third-order valence-electron chi connectivity index (χ3n) is 4.27. The molecule has 0 unspecified atom stereocenters. The van der Waals surface area contributed by atoms with Gasteiger partial charge in [0.25, 0.3) is 5.56 Å². The van der Waals surface area contributed by atoms with Crippen LogP contribution in [0.1, 0.15) is 39.8 Å². The van der Waals surface area contributed by atoms with Gasteiger partial charge in [0.05, 0.1) is 0 Å². The summed E-state index contributed by atoms with van der Waals surface area (Å²) in [6.45, 7) is 9.36. The lowest BCUT2D eigenvalue weighted by molar-refractivity contribution is 0.518. The summed E-state index contributed by atoms with van der Waals surface area (Å²) in [5.41, 5.74) is 1.27. The Morgan fingerprint density at radius 3 is 2.35 bits per heavy atom. The molecule has 0 amide bonds. The third-order valence-corrected chi connectivity index (χ3v) is 4.27. The number of rotatable bonds is 2. The second-order valence-electron chi connectivity index (χ2n) is 7.08. The molecule has 0 bridgehead atoms. The SMILES string of the molecule is CCCn1c(C(C)(C)C)cn2c3c(=O)n(C)c(=O)n(C)c3nc12. The highest BCUT2D eigenvalue weighted by atomic mass is 16.2. The van der Waals surface area contributed by atoms with Crippen LogP contribution >= 0.6 is 0 Å². The maximum Gasteiger partial charge on any atom is 0.332 e. The predicted molar refractivity (Wildman–Crippen MR) is 90.2 cm³/mol. The zero-order valence-electron chi connectivity index (χ0n) is 14.5. The molecule has 3 heterocycles. The second kappa shape index (κ2) is 4.84. The Kier molecular flexibility index (Phi) is 3.28. The van der Waals surface area contributed by atoms with E-state index >= 15 is 0 Å². The normalized spacial score (nSPS) is 12.6. The number of hydrogen-bond donors (Lipinski definition) is 0. The van der Waals surface area contributed by atoms with Crippen LogP contribution in [0, 0.1) is 0 Å². The van der Waals surface area contributed by atoms with Crippen molar-refractivity contribution in [1.82, 2.24) is 23.1 Å². The average Bonchev–Trinajstić information content (AvgIpc) is 3.00. The lowest BCUT2D eigenvalue weighted by Gasteiger charge is -2.20. The van der Waals surface area contributed by atoms with Crippen LogP contribution in [0.5, 0.6) is 0 Å². The molecule has 0 spiro atoms. The van der Waals surface area contributed by atoms with E-state index in [9.17, 15) is 9.59 Å². The second-order valence-corrected chi connectivity index (χ2v) is 7.08. The van der Waals surface area contributed by atoms with Gasteiger partial charge in [0.15, 0.2) is 11.2 Å². The largest absolute Gasteiger partial charge is 0.332 e. The fraction of sp³-hybridized carbons (Fsp3) is 0.562. The Balaban J connectivity index is 2.55. The topological polar surface area (TPSA) is 66.2 Å². The summed E-state index contributed by atoms with van der Waals surface area (Å²) in [7, 11) is 3.14. The molecule has 3 aromatic rings. The summed E-state index contributed by atoms with van der Waals surface area (Å²) >= 11 is 0. The molecule has 3 rings (SSSR count). The smallest absolute Gasteiger partial charge is 0.313 e. The van der Waals surface area contributed by atoms with Gasteiger partial charge >= 0.3 is 5.69 Å². The van der Waals surface area contributed by atoms with Gasteiger partial charge in [-0.15, -0.1) is 0 Å². The first kappa shape index (κ1) is 15.6. The van der Waals surface area contributed by atoms with Crippen molar-refractivity contribution in [2.45, 2.75) is 46.1 Å². The molecular weight excluding hydrogens is 294 g/mol. The minimum absolute atomic E-state index is 0.0614. The summed E-state index contributed by atoms with van der Waals surface area (Å²) in [6, 6.07) is 0. The van der Waals surface area contributed by atoms with Gasteiger partial charge in [-0.2, -0.15) is 4.98 Å². The minimum atomic E-state index is -0.360. The fourth-order valence-electron chi connectivity index (χ4n) is 3.06. The molecule has 0 saturated carbocycles. The van der Waals surface area contributed by atoms with Crippen LogP contribution in [0.4, 0.5) is 0 Å². The number of fused-ring (bicyclic) bond motifs is 3. The Morgan fingerprint density at radius 2 is 1.78 bits per heavy atom. The molecule has 7 nitrogen and oxygen atoms in total. The van der Waals surface area contributed by atoms with Crippen LogP contribution in [-0.4, -0.2) is 23.1 Å². The monoisotopic (exact) mass is 317 g/mol. The van der Waals surface area contributed by atoms with E-state index < -0.39 is 0 Å². The molecule has 0 aromatic carbocycles. The Labute approximate surface area is 133 Å². The summed E-state index contributed by atoms with van der Waals surface area (Å²) in [6.07, 6.45) is 2.94. The highest BCUT2D eigenvalue weighted by Gasteiger charge is 2.25. The molecule has 7 heteroatoms. The van der Waals surface area contributed by atoms with Gasteiger partial charge in [-0.1, -0.05) is 27.7 Å². The third kappa shape index (κ3) is 2.06. The molecule has 3 aromatic heterocycles. The van der Waals surface area contributed by atoms with Crippen LogP contribution in [0.3, 0.4) is 0 Å². The van der Waals surface area contributed by atoms with Gasteiger partial charge in [-0.05, 0) is 6.42 Å². The first-order chi connectivity index (χ1) is 10.7. The maximum absolute atomic E-state index is 12.6. The number of nitrogens with zero attached hydrogens (tertiary/aromatic N) is 5. The van der Waals surface area contributed by atoms with Crippen molar-refractivity contribution < 1.29 is 0 Å². The minimum Gasteiger partial charge on any atom is -0.313 e. The molecule has 0 atom stereocenters. The van der Waals surface area contributed by atoms with Crippen molar-refractivity contribution in [3.8, 4) is 0 Å². The molecule has 0 aliphatic heterocycles. The van der Waals surface area contributed by atoms with Gasteiger partial charge in [0.2, 0.25) is 5.78 Å². The lowest BCUT2D eigenvalue weighted by Crippen LogP contribution is -2.37. The van der Waals surface area contributed by atoms with Gasteiger partial charge in [0.1, 0.15) is 0 Å². The van der Waals surface area contributed by atoms with Crippen molar-refractivity contribution >= 4 is 16.9 Å². The molecule has 0 aliphatic carbocycles. The Morgan fingerprint density at radius 1 is 1.13 bits per heavy atom. The van der Waals surface area contributed by atoms with Crippen molar-refractivity contribution in [2.75, 3.05) is 0 Å². The van der Waals surface area contributed by atoms with Crippen LogP contribution < -0.4 is 11.2 Å². The Bertz CT molecular complexity index is 1020. The van der Waals surface area contributed by atoms with E-state index in [0.29, 0.717) is 16.9 Å². The van der Waals surface area contributed by atoms with Crippen molar-refractivity contribution in [2.24, 2.45) is 14.1 Å². The number of hydrogen-bond acceptors (Lipinski definition) is 3. The molecule has 0 radical (unpaired) electrons. The zero-order chi connectivity index (χ0) is 17.1. The van der Waals surface area contributed by atoms with Gasteiger partial charge in [-0.3, -0.25) is 18.3 Å². The van der Waals surface area contributed by atoms with E-state index in [1.165, 1.54) is 11.6 Å². The van der Waals surface area contributed by atoms with Crippen molar-refractivity contribution in [3.63, 3.8) is 0 Å². The van der Waals surface area contributed by atoms with Gasteiger partial charge in [0, 0.05) is 37.9 Å². The number of aromatic nitrogens is 5. The molecular formula is C16H23N5O2. The Hall–Kier alpha value is -2.31. The lowest BCUT2D eigenvalue weighted by atomic mass is 9.92. The first-order valence-corrected chi connectivity index (χ1v) is 7.86. The van der Waals surface area contributed by atoms with Crippen LogP contribution in [0.25, 0.3) is 16.9 Å². The summed E-state index contributed by atoms with van der Waals surface area (Å²) in [5.74, 6) is 0.713. The molecule has 23 heavy (non-hydrogen) atoms. The van der Waals surface area contributed by atoms with Crippen molar-refractivity contribution in [1.29, 1.82) is 0 Å². The zero-order valence-corrected chi connectivity index (χ0v) is 14.5. The number of imidazole rings is 2. The van der Waals surface area contributed by atoms with E-state index in [4.69, 9.17) is 0 Å². The molecule has 0 N–H and O–H groups in total. The molecule has 0 fully saturated rings. The highest BCUT2D eigenvalue weighted by molar-refractivity contribution is 5.75. The average molecular weight is 317 g/mol. The molecule has 0 saturated heterocycles. The van der Waals surface area contributed by atoms with Gasteiger partial charge < -0.3 is 4.57 Å². The quantitative estimate of drug-likeness (QED) is 0.717. The van der Waals surface area contributed by atoms with Gasteiger partial charge in [-0.25, -0.2) is 4.79 Å². The summed E-state index contributed by atoms with van der Waals surface area (Å²) in [5, 5.41) is 0. The maximum atomic E-state index is 12.6. The summed E-state index contributed by atoms with van der Waals surface area (Å²) in [4.78, 5) is 29.3. The van der Waals surface area contributed by atoms with Crippen LogP contribution in [-0.2, 0) is 26.1 Å². The van der Waals surface area contributed by atoms with E-state index in [2.05, 4.69) is 37.2 Å². The van der Waals surface area contributed by atoms with Crippen molar-refractivity contribution in [3.05, 3.63) is 32.7 Å². The first-order valence-electron chi connectivity index (χ1n) is 7.86. The predicted octanol–water partition coefficient (Wildman–Crippen LogP) is 1.39.